The normalized spacial score (nSPS) is 22.5. The van der Waals surface area contributed by atoms with Crippen LogP contribution < -0.4 is 10.6 Å². The van der Waals surface area contributed by atoms with Gasteiger partial charge in [-0.25, -0.2) is 4.39 Å². The maximum atomic E-state index is 12.8. The van der Waals surface area contributed by atoms with E-state index in [1.54, 1.807) is 12.1 Å². The fourth-order valence-electron chi connectivity index (χ4n) is 2.82. The van der Waals surface area contributed by atoms with E-state index in [0.29, 0.717) is 24.9 Å². The van der Waals surface area contributed by atoms with Gasteiger partial charge in [0.1, 0.15) is 5.82 Å². The highest BCUT2D eigenvalue weighted by Gasteiger charge is 2.23. The van der Waals surface area contributed by atoms with Crippen molar-refractivity contribution >= 4 is 5.91 Å². The lowest BCUT2D eigenvalue weighted by Gasteiger charge is -2.32. The van der Waals surface area contributed by atoms with E-state index in [1.807, 2.05) is 0 Å². The van der Waals surface area contributed by atoms with Crippen molar-refractivity contribution in [2.75, 3.05) is 13.1 Å². The number of carbonyl (C=O) groups excluding carboxylic acids is 1. The highest BCUT2D eigenvalue weighted by atomic mass is 19.1. The van der Waals surface area contributed by atoms with Gasteiger partial charge in [-0.15, -0.1) is 0 Å². The molecular formula is C16H23FN2O. The Morgan fingerprint density at radius 2 is 2.15 bits per heavy atom. The van der Waals surface area contributed by atoms with Gasteiger partial charge in [0.2, 0.25) is 5.91 Å². The molecule has 1 aromatic carbocycles. The Morgan fingerprint density at radius 1 is 1.40 bits per heavy atom. The summed E-state index contributed by atoms with van der Waals surface area (Å²) in [5.41, 5.74) is 0.840. The minimum absolute atomic E-state index is 0.00108. The second-order valence-electron chi connectivity index (χ2n) is 5.48. The van der Waals surface area contributed by atoms with Gasteiger partial charge in [0.05, 0.1) is 6.42 Å². The molecule has 3 nitrogen and oxygen atoms in total. The molecule has 1 fully saturated rings. The van der Waals surface area contributed by atoms with Crippen molar-refractivity contribution in [3.05, 3.63) is 35.6 Å². The van der Waals surface area contributed by atoms with Crippen molar-refractivity contribution in [3.63, 3.8) is 0 Å². The lowest BCUT2D eigenvalue weighted by Crippen LogP contribution is -2.48. The van der Waals surface area contributed by atoms with Crippen molar-refractivity contribution in [1.29, 1.82) is 0 Å². The van der Waals surface area contributed by atoms with Gasteiger partial charge in [-0.2, -0.15) is 0 Å². The van der Waals surface area contributed by atoms with E-state index < -0.39 is 0 Å². The first-order valence-corrected chi connectivity index (χ1v) is 7.43. The van der Waals surface area contributed by atoms with Crippen molar-refractivity contribution < 1.29 is 9.18 Å². The average Bonchev–Trinajstić information content (AvgIpc) is 2.48. The van der Waals surface area contributed by atoms with Gasteiger partial charge < -0.3 is 10.6 Å². The monoisotopic (exact) mass is 278 g/mol. The highest BCUT2D eigenvalue weighted by molar-refractivity contribution is 5.78. The van der Waals surface area contributed by atoms with E-state index >= 15 is 0 Å². The van der Waals surface area contributed by atoms with Crippen LogP contribution in [0.1, 0.15) is 31.7 Å². The number of amides is 1. The molecule has 0 bridgehead atoms. The highest BCUT2D eigenvalue weighted by Crippen LogP contribution is 2.19. The summed E-state index contributed by atoms with van der Waals surface area (Å²) in [4.78, 5) is 11.9. The lowest BCUT2D eigenvalue weighted by atomic mass is 9.88. The third kappa shape index (κ3) is 4.30. The first-order chi connectivity index (χ1) is 9.69. The Morgan fingerprint density at radius 3 is 2.85 bits per heavy atom. The van der Waals surface area contributed by atoms with Crippen molar-refractivity contribution in [3.8, 4) is 0 Å². The van der Waals surface area contributed by atoms with Crippen LogP contribution in [0.5, 0.6) is 0 Å². The predicted molar refractivity (Wildman–Crippen MR) is 77.9 cm³/mol. The molecule has 1 aliphatic heterocycles. The Bertz CT molecular complexity index is 433. The smallest absolute Gasteiger partial charge is 0.224 e. The van der Waals surface area contributed by atoms with E-state index in [1.165, 1.54) is 25.0 Å². The van der Waals surface area contributed by atoms with Crippen LogP contribution in [0.3, 0.4) is 0 Å². The third-order valence-corrected chi connectivity index (χ3v) is 4.05. The van der Waals surface area contributed by atoms with E-state index in [2.05, 4.69) is 17.6 Å². The van der Waals surface area contributed by atoms with Gasteiger partial charge in [-0.05, 0) is 43.0 Å². The summed E-state index contributed by atoms with van der Waals surface area (Å²) in [5.74, 6) is 0.375. The van der Waals surface area contributed by atoms with E-state index in [4.69, 9.17) is 0 Å². The standard InChI is InChI=1S/C16H23FN2O/c1-2-13-4-3-9-18-15(13)11-19-16(20)10-12-5-7-14(17)8-6-12/h5-8,13,15,18H,2-4,9-11H2,1H3,(H,19,20). The zero-order valence-corrected chi connectivity index (χ0v) is 12.0. The summed E-state index contributed by atoms with van der Waals surface area (Å²) in [5, 5.41) is 6.47. The number of hydrogen-bond acceptors (Lipinski definition) is 2. The second kappa shape index (κ2) is 7.39. The van der Waals surface area contributed by atoms with E-state index in [9.17, 15) is 9.18 Å². The quantitative estimate of drug-likeness (QED) is 0.867. The number of benzene rings is 1. The van der Waals surface area contributed by atoms with Crippen molar-refractivity contribution in [2.24, 2.45) is 5.92 Å². The lowest BCUT2D eigenvalue weighted by molar-refractivity contribution is -0.120. The number of hydrogen-bond donors (Lipinski definition) is 2. The molecule has 20 heavy (non-hydrogen) atoms. The zero-order chi connectivity index (χ0) is 14.4. The minimum Gasteiger partial charge on any atom is -0.354 e. The van der Waals surface area contributed by atoms with Gasteiger partial charge in [-0.1, -0.05) is 25.5 Å². The number of nitrogens with one attached hydrogen (secondary N) is 2. The summed E-state index contributed by atoms with van der Waals surface area (Å²) < 4.78 is 12.8. The molecule has 0 saturated carbocycles. The molecular weight excluding hydrogens is 255 g/mol. The largest absolute Gasteiger partial charge is 0.354 e. The molecule has 1 heterocycles. The number of carbonyl (C=O) groups is 1. The SMILES string of the molecule is CCC1CCCNC1CNC(=O)Cc1ccc(F)cc1. The molecule has 2 rings (SSSR count). The van der Waals surface area contributed by atoms with Crippen LogP contribution in [0.25, 0.3) is 0 Å². The van der Waals surface area contributed by atoms with Crippen LogP contribution in [0, 0.1) is 11.7 Å². The molecule has 1 aliphatic rings. The summed E-state index contributed by atoms with van der Waals surface area (Å²) >= 11 is 0. The van der Waals surface area contributed by atoms with Gasteiger partial charge in [-0.3, -0.25) is 4.79 Å². The van der Waals surface area contributed by atoms with Crippen molar-refractivity contribution in [2.45, 2.75) is 38.6 Å². The summed E-state index contributed by atoms with van der Waals surface area (Å²) in [6.07, 6.45) is 3.91. The molecule has 1 aromatic rings. The third-order valence-electron chi connectivity index (χ3n) is 4.05. The van der Waals surface area contributed by atoms with Crippen LogP contribution in [0.4, 0.5) is 4.39 Å². The topological polar surface area (TPSA) is 41.1 Å². The molecule has 1 saturated heterocycles. The predicted octanol–water partition coefficient (Wildman–Crippen LogP) is 2.26. The second-order valence-corrected chi connectivity index (χ2v) is 5.48. The molecule has 1 amide bonds. The fourth-order valence-corrected chi connectivity index (χ4v) is 2.82. The Balaban J connectivity index is 1.78. The van der Waals surface area contributed by atoms with Gasteiger partial charge in [0.25, 0.3) is 0 Å². The summed E-state index contributed by atoms with van der Waals surface area (Å²) in [7, 11) is 0. The Kier molecular flexibility index (Phi) is 5.53. The van der Waals surface area contributed by atoms with E-state index in [0.717, 1.165) is 18.5 Å². The number of halogens is 1. The molecule has 110 valence electrons. The molecule has 0 aliphatic carbocycles. The van der Waals surface area contributed by atoms with Gasteiger partial charge in [0.15, 0.2) is 0 Å². The Hall–Kier alpha value is -1.42. The maximum absolute atomic E-state index is 12.8. The molecule has 2 unspecified atom stereocenters. The molecule has 0 aromatic heterocycles. The van der Waals surface area contributed by atoms with Crippen LogP contribution in [-0.2, 0) is 11.2 Å². The van der Waals surface area contributed by atoms with E-state index in [-0.39, 0.29) is 11.7 Å². The van der Waals surface area contributed by atoms with Crippen LogP contribution in [0.15, 0.2) is 24.3 Å². The minimum atomic E-state index is -0.272. The Labute approximate surface area is 120 Å². The molecule has 0 spiro atoms. The number of piperidine rings is 1. The fraction of sp³-hybridized carbons (Fsp3) is 0.562. The number of rotatable bonds is 5. The molecule has 4 heteroatoms. The summed E-state index contributed by atoms with van der Waals surface area (Å²) in [6, 6.07) is 6.47. The molecule has 0 radical (unpaired) electrons. The van der Waals surface area contributed by atoms with Crippen LogP contribution >= 0.6 is 0 Å². The zero-order valence-electron chi connectivity index (χ0n) is 12.0. The molecule has 2 N–H and O–H groups in total. The summed E-state index contributed by atoms with van der Waals surface area (Å²) in [6.45, 7) is 3.92. The van der Waals surface area contributed by atoms with Crippen molar-refractivity contribution in [1.82, 2.24) is 10.6 Å². The maximum Gasteiger partial charge on any atom is 0.224 e. The van der Waals surface area contributed by atoms with Crippen LogP contribution in [-0.4, -0.2) is 25.0 Å². The van der Waals surface area contributed by atoms with Gasteiger partial charge >= 0.3 is 0 Å². The molecule has 2 atom stereocenters. The average molecular weight is 278 g/mol. The van der Waals surface area contributed by atoms with Gasteiger partial charge in [0, 0.05) is 12.6 Å². The first kappa shape index (κ1) is 15.0. The van der Waals surface area contributed by atoms with Crippen LogP contribution in [0.2, 0.25) is 0 Å². The first-order valence-electron chi connectivity index (χ1n) is 7.43.